The highest BCUT2D eigenvalue weighted by Crippen LogP contribution is 2.23. The van der Waals surface area contributed by atoms with Gasteiger partial charge in [0.2, 0.25) is 5.91 Å². The average Bonchev–Trinajstić information content (AvgIpc) is 2.77. The first kappa shape index (κ1) is 21.3. The Morgan fingerprint density at radius 1 is 0.800 bits per heavy atom. The van der Waals surface area contributed by atoms with E-state index in [4.69, 9.17) is 11.6 Å². The number of hydrogen-bond donors (Lipinski definition) is 2. The van der Waals surface area contributed by atoms with E-state index in [1.54, 1.807) is 36.4 Å². The van der Waals surface area contributed by atoms with Gasteiger partial charge < -0.3 is 10.6 Å². The summed E-state index contributed by atoms with van der Waals surface area (Å²) >= 11 is 5.98. The van der Waals surface area contributed by atoms with E-state index in [1.807, 2.05) is 42.5 Å². The number of carbonyl (C=O) groups is 3. The Hall–Kier alpha value is -3.44. The Morgan fingerprint density at radius 2 is 1.37 bits per heavy atom. The van der Waals surface area contributed by atoms with E-state index in [1.165, 1.54) is 6.92 Å². The number of amides is 2. The van der Waals surface area contributed by atoms with Crippen molar-refractivity contribution in [3.63, 3.8) is 0 Å². The zero-order valence-corrected chi connectivity index (χ0v) is 17.1. The lowest BCUT2D eigenvalue weighted by molar-refractivity contribution is -0.120. The Morgan fingerprint density at radius 3 is 1.97 bits per heavy atom. The largest absolute Gasteiger partial charge is 0.344 e. The highest BCUT2D eigenvalue weighted by atomic mass is 35.5. The van der Waals surface area contributed by atoms with Gasteiger partial charge in [0.25, 0.3) is 5.91 Å². The summed E-state index contributed by atoms with van der Waals surface area (Å²) < 4.78 is 0. The molecule has 2 N–H and O–H groups in total. The van der Waals surface area contributed by atoms with Crippen LogP contribution in [0.4, 0.5) is 0 Å². The molecular formula is C24H21ClN2O3. The molecule has 0 fully saturated rings. The maximum absolute atomic E-state index is 12.5. The Labute approximate surface area is 180 Å². The smallest absolute Gasteiger partial charge is 0.251 e. The topological polar surface area (TPSA) is 75.3 Å². The number of benzene rings is 3. The summed E-state index contributed by atoms with van der Waals surface area (Å²) in [7, 11) is 0. The molecule has 6 heteroatoms. The van der Waals surface area contributed by atoms with Crippen molar-refractivity contribution in [2.45, 2.75) is 13.0 Å². The third-order valence-corrected chi connectivity index (χ3v) is 4.86. The van der Waals surface area contributed by atoms with Crippen LogP contribution in [-0.4, -0.2) is 24.1 Å². The van der Waals surface area contributed by atoms with Gasteiger partial charge in [-0.1, -0.05) is 66.2 Å². The van der Waals surface area contributed by atoms with Crippen LogP contribution >= 0.6 is 11.6 Å². The molecule has 0 radical (unpaired) electrons. The molecule has 30 heavy (non-hydrogen) atoms. The lowest BCUT2D eigenvalue weighted by Gasteiger charge is -2.20. The van der Waals surface area contributed by atoms with Crippen LogP contribution in [0.15, 0.2) is 78.9 Å². The highest BCUT2D eigenvalue weighted by molar-refractivity contribution is 6.30. The average molecular weight is 421 g/mol. The van der Waals surface area contributed by atoms with Gasteiger partial charge in [-0.3, -0.25) is 14.4 Å². The maximum Gasteiger partial charge on any atom is 0.251 e. The zero-order chi connectivity index (χ0) is 21.5. The summed E-state index contributed by atoms with van der Waals surface area (Å²) in [5, 5.41) is 6.18. The molecule has 0 heterocycles. The first-order valence-corrected chi connectivity index (χ1v) is 9.81. The number of hydrogen-bond acceptors (Lipinski definition) is 3. The van der Waals surface area contributed by atoms with Gasteiger partial charge in [-0.15, -0.1) is 0 Å². The summed E-state index contributed by atoms with van der Waals surface area (Å²) in [4.78, 5) is 36.2. The maximum atomic E-state index is 12.5. The molecular weight excluding hydrogens is 400 g/mol. The van der Waals surface area contributed by atoms with Gasteiger partial charge in [0, 0.05) is 16.1 Å². The van der Waals surface area contributed by atoms with E-state index in [2.05, 4.69) is 10.6 Å². The van der Waals surface area contributed by atoms with E-state index < -0.39 is 0 Å². The summed E-state index contributed by atoms with van der Waals surface area (Å²) in [6, 6.07) is 22.7. The van der Waals surface area contributed by atoms with Gasteiger partial charge in [-0.25, -0.2) is 0 Å². The van der Waals surface area contributed by atoms with Crippen molar-refractivity contribution >= 4 is 29.2 Å². The molecule has 0 saturated carbocycles. The van der Waals surface area contributed by atoms with E-state index >= 15 is 0 Å². The number of halogens is 1. The number of ketones is 1. The normalized spacial score (nSPS) is 11.4. The minimum absolute atomic E-state index is 0.0736. The quantitative estimate of drug-likeness (QED) is 0.563. The van der Waals surface area contributed by atoms with Crippen LogP contribution in [0.5, 0.6) is 0 Å². The van der Waals surface area contributed by atoms with Crippen LogP contribution in [0, 0.1) is 0 Å². The van der Waals surface area contributed by atoms with Crippen molar-refractivity contribution in [1.82, 2.24) is 10.6 Å². The highest BCUT2D eigenvalue weighted by Gasteiger charge is 2.17. The molecule has 0 spiro atoms. The minimum atomic E-state index is -0.386. The van der Waals surface area contributed by atoms with Crippen molar-refractivity contribution in [3.05, 3.63) is 106 Å². The summed E-state index contributed by atoms with van der Waals surface area (Å²) in [6.45, 7) is 1.29. The number of carbonyl (C=O) groups excluding carboxylic acids is 3. The standard InChI is InChI=1S/C24H21ClN2O3/c1-16(28)17-7-9-20(10-8-17)24(30)26-15-22(29)27-23(18-5-3-2-4-6-18)19-11-13-21(25)14-12-19/h2-14,23H,15H2,1H3,(H,26,30)(H,27,29). The minimum Gasteiger partial charge on any atom is -0.344 e. The fraction of sp³-hybridized carbons (Fsp3) is 0.125. The van der Waals surface area contributed by atoms with Gasteiger partial charge in [-0.2, -0.15) is 0 Å². The third kappa shape index (κ3) is 5.55. The zero-order valence-electron chi connectivity index (χ0n) is 16.4. The van der Waals surface area contributed by atoms with Crippen molar-refractivity contribution in [2.75, 3.05) is 6.54 Å². The van der Waals surface area contributed by atoms with E-state index in [9.17, 15) is 14.4 Å². The fourth-order valence-corrected chi connectivity index (χ4v) is 3.12. The molecule has 2 amide bonds. The monoisotopic (exact) mass is 420 g/mol. The molecule has 152 valence electrons. The van der Waals surface area contributed by atoms with E-state index in [0.717, 1.165) is 11.1 Å². The molecule has 0 aromatic heterocycles. The second kappa shape index (κ2) is 9.85. The summed E-state index contributed by atoms with van der Waals surface area (Å²) in [5.41, 5.74) is 2.70. The molecule has 3 aromatic rings. The number of Topliss-reactive ketones (excluding diaryl/α,β-unsaturated/α-hetero) is 1. The molecule has 0 aliphatic carbocycles. The van der Waals surface area contributed by atoms with Gasteiger partial charge in [-0.05, 0) is 42.3 Å². The lowest BCUT2D eigenvalue weighted by Crippen LogP contribution is -2.39. The molecule has 0 saturated heterocycles. The predicted molar refractivity (Wildman–Crippen MR) is 117 cm³/mol. The van der Waals surface area contributed by atoms with Gasteiger partial charge in [0.05, 0.1) is 12.6 Å². The molecule has 3 rings (SSSR count). The van der Waals surface area contributed by atoms with E-state index in [0.29, 0.717) is 16.1 Å². The van der Waals surface area contributed by atoms with Crippen molar-refractivity contribution in [2.24, 2.45) is 0 Å². The lowest BCUT2D eigenvalue weighted by atomic mass is 9.98. The Bertz CT molecular complexity index is 1030. The fourth-order valence-electron chi connectivity index (χ4n) is 2.99. The molecule has 3 aromatic carbocycles. The van der Waals surface area contributed by atoms with Crippen molar-refractivity contribution in [3.8, 4) is 0 Å². The van der Waals surface area contributed by atoms with Crippen molar-refractivity contribution in [1.29, 1.82) is 0 Å². The van der Waals surface area contributed by atoms with Crippen LogP contribution in [-0.2, 0) is 4.79 Å². The van der Waals surface area contributed by atoms with Crippen LogP contribution in [0.2, 0.25) is 5.02 Å². The first-order valence-electron chi connectivity index (χ1n) is 9.43. The van der Waals surface area contributed by atoms with Gasteiger partial charge >= 0.3 is 0 Å². The molecule has 1 atom stereocenters. The van der Waals surface area contributed by atoms with Crippen LogP contribution in [0.1, 0.15) is 44.8 Å². The molecule has 0 aliphatic heterocycles. The molecule has 1 unspecified atom stereocenters. The van der Waals surface area contributed by atoms with Gasteiger partial charge in [0.1, 0.15) is 0 Å². The summed E-state index contributed by atoms with van der Waals surface area (Å²) in [5.74, 6) is -0.786. The SMILES string of the molecule is CC(=O)c1ccc(C(=O)NCC(=O)NC(c2ccccc2)c2ccc(Cl)cc2)cc1. The van der Waals surface area contributed by atoms with E-state index in [-0.39, 0.29) is 30.2 Å². The Balaban J connectivity index is 1.66. The van der Waals surface area contributed by atoms with Crippen LogP contribution in [0.25, 0.3) is 0 Å². The third-order valence-electron chi connectivity index (χ3n) is 4.60. The number of rotatable bonds is 7. The van der Waals surface area contributed by atoms with Gasteiger partial charge in [0.15, 0.2) is 5.78 Å². The summed E-state index contributed by atoms with van der Waals surface area (Å²) in [6.07, 6.45) is 0. The molecule has 5 nitrogen and oxygen atoms in total. The Kier molecular flexibility index (Phi) is 6.99. The second-order valence-electron chi connectivity index (χ2n) is 6.78. The second-order valence-corrected chi connectivity index (χ2v) is 7.22. The predicted octanol–water partition coefficient (Wildman–Crippen LogP) is 4.18. The molecule has 0 bridgehead atoms. The first-order chi connectivity index (χ1) is 14.4. The number of nitrogens with one attached hydrogen (secondary N) is 2. The van der Waals surface area contributed by atoms with Crippen molar-refractivity contribution < 1.29 is 14.4 Å². The van der Waals surface area contributed by atoms with Crippen LogP contribution in [0.3, 0.4) is 0 Å². The van der Waals surface area contributed by atoms with Crippen LogP contribution < -0.4 is 10.6 Å². The molecule has 0 aliphatic rings.